The first-order chi connectivity index (χ1) is 9.56. The van der Waals surface area contributed by atoms with Crippen molar-refractivity contribution in [3.8, 4) is 0 Å². The smallest absolute Gasteiger partial charge is 0.231 e. The van der Waals surface area contributed by atoms with Gasteiger partial charge in [-0.2, -0.15) is 0 Å². The van der Waals surface area contributed by atoms with Crippen molar-refractivity contribution in [2.45, 2.75) is 6.42 Å². The van der Waals surface area contributed by atoms with Gasteiger partial charge in [0.05, 0.1) is 6.42 Å². The van der Waals surface area contributed by atoms with Crippen molar-refractivity contribution < 1.29 is 9.59 Å². The van der Waals surface area contributed by atoms with E-state index in [2.05, 4.69) is 0 Å². The highest BCUT2D eigenvalue weighted by Gasteiger charge is 2.24. The van der Waals surface area contributed by atoms with Crippen molar-refractivity contribution in [1.29, 1.82) is 0 Å². The van der Waals surface area contributed by atoms with Crippen LogP contribution in [0.3, 0.4) is 0 Å². The van der Waals surface area contributed by atoms with Crippen molar-refractivity contribution in [3.63, 3.8) is 0 Å². The minimum absolute atomic E-state index is 0.0519. The molecule has 0 fully saturated rings. The Hall–Kier alpha value is -2.13. The van der Waals surface area contributed by atoms with E-state index in [1.54, 1.807) is 48.3 Å². The highest BCUT2D eigenvalue weighted by Crippen LogP contribution is 2.29. The van der Waals surface area contributed by atoms with Gasteiger partial charge in [-0.25, -0.2) is 0 Å². The Labute approximate surface area is 121 Å². The van der Waals surface area contributed by atoms with Gasteiger partial charge < -0.3 is 4.90 Å². The molecule has 0 N–H and O–H groups in total. The molecule has 0 aromatic heterocycles. The number of ketones is 1. The molecule has 1 aliphatic rings. The van der Waals surface area contributed by atoms with Gasteiger partial charge in [-0.1, -0.05) is 11.6 Å². The molecule has 1 heterocycles. The first-order valence-electron chi connectivity index (χ1n) is 6.26. The van der Waals surface area contributed by atoms with Crippen LogP contribution in [0.5, 0.6) is 0 Å². The maximum absolute atomic E-state index is 12.4. The summed E-state index contributed by atoms with van der Waals surface area (Å²) in [6, 6.07) is 12.2. The Morgan fingerprint density at radius 3 is 2.45 bits per heavy atom. The zero-order valence-corrected chi connectivity index (χ0v) is 11.6. The summed E-state index contributed by atoms with van der Waals surface area (Å²) in [5.41, 5.74) is 2.96. The number of nitrogens with zero attached hydrogens (tertiary/aromatic N) is 1. The van der Waals surface area contributed by atoms with E-state index >= 15 is 0 Å². The first-order valence-corrected chi connectivity index (χ1v) is 6.64. The standard InChI is InChI=1S/C16H12ClNO2/c1-18-14-7-4-11(8-12(14)9-15(18)19)16(20)10-2-5-13(17)6-3-10/h2-8H,9H2,1H3. The second-order valence-corrected chi connectivity index (χ2v) is 5.25. The molecule has 0 unspecified atom stereocenters. The molecule has 0 bridgehead atoms. The monoisotopic (exact) mass is 285 g/mol. The Bertz CT molecular complexity index is 707. The summed E-state index contributed by atoms with van der Waals surface area (Å²) >= 11 is 5.82. The minimum atomic E-state index is -0.0635. The first kappa shape index (κ1) is 12.9. The van der Waals surface area contributed by atoms with Gasteiger partial charge >= 0.3 is 0 Å². The number of carbonyl (C=O) groups is 2. The molecule has 0 spiro atoms. The number of amides is 1. The fourth-order valence-corrected chi connectivity index (χ4v) is 2.51. The third kappa shape index (κ3) is 2.10. The van der Waals surface area contributed by atoms with Crippen molar-refractivity contribution in [2.75, 3.05) is 11.9 Å². The normalized spacial score (nSPS) is 13.5. The largest absolute Gasteiger partial charge is 0.315 e. The summed E-state index contributed by atoms with van der Waals surface area (Å²) in [4.78, 5) is 25.6. The molecule has 1 aliphatic heterocycles. The Morgan fingerprint density at radius 2 is 1.75 bits per heavy atom. The van der Waals surface area contributed by atoms with Crippen LogP contribution in [-0.4, -0.2) is 18.7 Å². The highest BCUT2D eigenvalue weighted by atomic mass is 35.5. The van der Waals surface area contributed by atoms with Gasteiger partial charge in [-0.05, 0) is 48.0 Å². The molecule has 3 nitrogen and oxygen atoms in total. The van der Waals surface area contributed by atoms with E-state index < -0.39 is 0 Å². The van der Waals surface area contributed by atoms with Crippen LogP contribution in [0.2, 0.25) is 5.02 Å². The predicted octanol–water partition coefficient (Wildman–Crippen LogP) is 3.09. The highest BCUT2D eigenvalue weighted by molar-refractivity contribution is 6.30. The molecule has 0 saturated carbocycles. The number of rotatable bonds is 2. The molecule has 0 atom stereocenters. The number of carbonyl (C=O) groups excluding carboxylic acids is 2. The quantitative estimate of drug-likeness (QED) is 0.795. The van der Waals surface area contributed by atoms with Crippen molar-refractivity contribution in [3.05, 3.63) is 64.2 Å². The lowest BCUT2D eigenvalue weighted by atomic mass is 10.0. The van der Waals surface area contributed by atoms with Crippen molar-refractivity contribution >= 4 is 29.0 Å². The minimum Gasteiger partial charge on any atom is -0.315 e. The molecule has 0 aliphatic carbocycles. The summed E-state index contributed by atoms with van der Waals surface area (Å²) in [5, 5.41) is 0.600. The molecular weight excluding hydrogens is 274 g/mol. The molecular formula is C16H12ClNO2. The maximum Gasteiger partial charge on any atom is 0.231 e. The SMILES string of the molecule is CN1C(=O)Cc2cc(C(=O)c3ccc(Cl)cc3)ccc21. The van der Waals surface area contributed by atoms with E-state index in [9.17, 15) is 9.59 Å². The third-order valence-electron chi connectivity index (χ3n) is 3.53. The number of likely N-dealkylation sites (N-methyl/N-ethyl adjacent to an activating group) is 1. The van der Waals surface area contributed by atoms with Crippen molar-refractivity contribution in [1.82, 2.24) is 0 Å². The van der Waals surface area contributed by atoms with Crippen LogP contribution in [0.4, 0.5) is 5.69 Å². The predicted molar refractivity (Wildman–Crippen MR) is 78.4 cm³/mol. The van der Waals surface area contributed by atoms with E-state index in [4.69, 9.17) is 11.6 Å². The maximum atomic E-state index is 12.4. The van der Waals surface area contributed by atoms with Crippen LogP contribution in [0, 0.1) is 0 Å². The Balaban J connectivity index is 1.96. The summed E-state index contributed by atoms with van der Waals surface area (Å²) in [7, 11) is 1.74. The fraction of sp³-hybridized carbons (Fsp3) is 0.125. The van der Waals surface area contributed by atoms with Crippen LogP contribution < -0.4 is 4.90 Å². The number of anilines is 1. The lowest BCUT2D eigenvalue weighted by molar-refractivity contribution is -0.117. The molecule has 20 heavy (non-hydrogen) atoms. The molecule has 0 saturated heterocycles. The Morgan fingerprint density at radius 1 is 1.10 bits per heavy atom. The number of benzene rings is 2. The molecule has 0 radical (unpaired) electrons. The third-order valence-corrected chi connectivity index (χ3v) is 3.78. The van der Waals surface area contributed by atoms with Crippen LogP contribution >= 0.6 is 11.6 Å². The van der Waals surface area contributed by atoms with Crippen LogP contribution in [0.15, 0.2) is 42.5 Å². The lowest BCUT2D eigenvalue weighted by Gasteiger charge is -2.10. The van der Waals surface area contributed by atoms with Crippen molar-refractivity contribution in [2.24, 2.45) is 0 Å². The number of hydrogen-bond acceptors (Lipinski definition) is 2. The number of halogens is 1. The van der Waals surface area contributed by atoms with Gasteiger partial charge in [0.2, 0.25) is 5.91 Å². The second-order valence-electron chi connectivity index (χ2n) is 4.81. The van der Waals surface area contributed by atoms with Gasteiger partial charge in [0.1, 0.15) is 0 Å². The zero-order valence-electron chi connectivity index (χ0n) is 10.9. The van der Waals surface area contributed by atoms with Gasteiger partial charge in [0.15, 0.2) is 5.78 Å². The fourth-order valence-electron chi connectivity index (χ4n) is 2.38. The zero-order chi connectivity index (χ0) is 14.3. The van der Waals surface area contributed by atoms with Gasteiger partial charge in [-0.15, -0.1) is 0 Å². The topological polar surface area (TPSA) is 37.4 Å². The van der Waals surface area contributed by atoms with E-state index in [-0.39, 0.29) is 11.7 Å². The summed E-state index contributed by atoms with van der Waals surface area (Å²) in [6.07, 6.45) is 0.355. The van der Waals surface area contributed by atoms with E-state index in [0.29, 0.717) is 22.6 Å². The van der Waals surface area contributed by atoms with Crippen LogP contribution in [0.1, 0.15) is 21.5 Å². The molecule has 4 heteroatoms. The summed E-state index contributed by atoms with van der Waals surface area (Å²) < 4.78 is 0. The lowest BCUT2D eigenvalue weighted by Crippen LogP contribution is -2.20. The van der Waals surface area contributed by atoms with Gasteiger partial charge in [0.25, 0.3) is 0 Å². The average molecular weight is 286 g/mol. The van der Waals surface area contributed by atoms with Crippen LogP contribution in [-0.2, 0) is 11.2 Å². The van der Waals surface area contributed by atoms with E-state index in [0.717, 1.165) is 11.3 Å². The molecule has 1 amide bonds. The second kappa shape index (κ2) is 4.76. The van der Waals surface area contributed by atoms with Crippen LogP contribution in [0.25, 0.3) is 0 Å². The van der Waals surface area contributed by atoms with Gasteiger partial charge in [-0.3, -0.25) is 9.59 Å². The molecule has 2 aromatic carbocycles. The molecule has 100 valence electrons. The van der Waals surface area contributed by atoms with E-state index in [1.165, 1.54) is 0 Å². The van der Waals surface area contributed by atoms with Gasteiger partial charge in [0, 0.05) is 28.9 Å². The average Bonchev–Trinajstić information content (AvgIpc) is 2.74. The number of fused-ring (bicyclic) bond motifs is 1. The molecule has 2 aromatic rings. The van der Waals surface area contributed by atoms with E-state index in [1.807, 2.05) is 6.07 Å². The number of hydrogen-bond donors (Lipinski definition) is 0. The summed E-state index contributed by atoms with van der Waals surface area (Å²) in [6.45, 7) is 0. The Kier molecular flexibility index (Phi) is 3.07. The summed E-state index contributed by atoms with van der Waals surface area (Å²) in [5.74, 6) is -0.0115. The molecule has 3 rings (SSSR count).